The Hall–Kier alpha value is -1.44. The number of aromatic amines is 1. The van der Waals surface area contributed by atoms with Crippen LogP contribution in [0.1, 0.15) is 0 Å². The predicted molar refractivity (Wildman–Crippen MR) is 66.6 cm³/mol. The molecule has 0 bridgehead atoms. The van der Waals surface area contributed by atoms with Crippen molar-refractivity contribution in [3.63, 3.8) is 0 Å². The molecule has 0 unspecified atom stereocenters. The highest BCUT2D eigenvalue weighted by molar-refractivity contribution is 7.85. The summed E-state index contributed by atoms with van der Waals surface area (Å²) in [7, 11) is -4.16. The van der Waals surface area contributed by atoms with Crippen molar-refractivity contribution in [3.05, 3.63) is 35.7 Å². The van der Waals surface area contributed by atoms with Crippen LogP contribution in [0.15, 0.2) is 40.7 Å². The van der Waals surface area contributed by atoms with Crippen molar-refractivity contribution in [3.8, 4) is 0 Å². The maximum absolute atomic E-state index is 11.0. The molecule has 1 heterocycles. The molecule has 0 radical (unpaired) electrons. The molecule has 0 spiro atoms. The zero-order valence-electron chi connectivity index (χ0n) is 8.75. The summed E-state index contributed by atoms with van der Waals surface area (Å²) in [6.45, 7) is 4.06. The molecule has 0 atom stereocenters. The Morgan fingerprint density at radius 2 is 2.29 bits per heavy atom. The van der Waals surface area contributed by atoms with Crippen LogP contribution in [0.2, 0.25) is 0 Å². The maximum Gasteiger partial charge on any atom is 0.294 e. The fourth-order valence-electron chi connectivity index (χ4n) is 1.32. The van der Waals surface area contributed by atoms with E-state index in [2.05, 4.69) is 16.6 Å². The first-order valence-corrected chi connectivity index (χ1v) is 6.98. The van der Waals surface area contributed by atoms with E-state index in [-0.39, 0.29) is 4.90 Å². The van der Waals surface area contributed by atoms with Gasteiger partial charge in [-0.05, 0) is 18.2 Å². The molecular formula is C10H10N2O3S2. The first kappa shape index (κ1) is 12.0. The summed E-state index contributed by atoms with van der Waals surface area (Å²) in [5.74, 6) is 0. The molecule has 90 valence electrons. The third kappa shape index (κ3) is 2.63. The van der Waals surface area contributed by atoms with Gasteiger partial charge in [0, 0.05) is 0 Å². The minimum absolute atomic E-state index is 0.130. The van der Waals surface area contributed by atoms with Crippen LogP contribution in [0.5, 0.6) is 0 Å². The van der Waals surface area contributed by atoms with Gasteiger partial charge in [-0.25, -0.2) is 0 Å². The summed E-state index contributed by atoms with van der Waals surface area (Å²) in [5, 5.41) is 0. The van der Waals surface area contributed by atoms with E-state index in [0.717, 1.165) is 4.70 Å². The molecule has 17 heavy (non-hydrogen) atoms. The van der Waals surface area contributed by atoms with Crippen molar-refractivity contribution in [1.82, 2.24) is 4.98 Å². The summed E-state index contributed by atoms with van der Waals surface area (Å²) in [6.07, 6.45) is 1.67. The molecule has 0 fully saturated rings. The quantitative estimate of drug-likeness (QED) is 0.656. The Labute approximate surface area is 102 Å². The minimum Gasteiger partial charge on any atom is -0.331 e. The van der Waals surface area contributed by atoms with Crippen molar-refractivity contribution in [1.29, 1.82) is 0 Å². The first-order chi connectivity index (χ1) is 8.00. The number of benzene rings is 1. The molecule has 0 aliphatic heterocycles. The Kier molecular flexibility index (Phi) is 3.14. The van der Waals surface area contributed by atoms with Gasteiger partial charge in [-0.3, -0.25) is 9.55 Å². The number of thiazole rings is 1. The number of aromatic nitrogens is 1. The van der Waals surface area contributed by atoms with Gasteiger partial charge in [0.05, 0.1) is 21.7 Å². The van der Waals surface area contributed by atoms with Crippen LogP contribution in [0.4, 0.5) is 0 Å². The number of rotatable bonds is 3. The normalized spacial score (nSPS) is 13.1. The summed E-state index contributed by atoms with van der Waals surface area (Å²) in [4.78, 5) is 7.72. The number of hydrogen-bond donors (Lipinski definition) is 2. The van der Waals surface area contributed by atoms with Crippen molar-refractivity contribution >= 4 is 31.7 Å². The van der Waals surface area contributed by atoms with Crippen molar-refractivity contribution in [2.24, 2.45) is 4.99 Å². The Balaban J connectivity index is 2.59. The molecule has 2 rings (SSSR count). The lowest BCUT2D eigenvalue weighted by Gasteiger charge is -1.95. The van der Waals surface area contributed by atoms with Gasteiger partial charge in [-0.2, -0.15) is 8.42 Å². The largest absolute Gasteiger partial charge is 0.331 e. The fraction of sp³-hybridized carbons (Fsp3) is 0.100. The molecule has 0 amide bonds. The number of H-pyrrole nitrogens is 1. The van der Waals surface area contributed by atoms with Gasteiger partial charge in [-0.15, -0.1) is 6.58 Å². The first-order valence-electron chi connectivity index (χ1n) is 4.72. The average molecular weight is 270 g/mol. The summed E-state index contributed by atoms with van der Waals surface area (Å²) in [5.41, 5.74) is 0.632. The number of hydrogen-bond acceptors (Lipinski definition) is 4. The highest BCUT2D eigenvalue weighted by Crippen LogP contribution is 2.18. The molecule has 7 heteroatoms. The molecule has 0 saturated heterocycles. The number of nitrogens with one attached hydrogen (secondary N) is 1. The van der Waals surface area contributed by atoms with E-state index < -0.39 is 10.1 Å². The molecule has 1 aromatic carbocycles. The Morgan fingerprint density at radius 3 is 2.94 bits per heavy atom. The van der Waals surface area contributed by atoms with E-state index in [0.29, 0.717) is 16.9 Å². The van der Waals surface area contributed by atoms with Crippen molar-refractivity contribution in [2.45, 2.75) is 4.90 Å². The molecule has 2 aromatic rings. The summed E-state index contributed by atoms with van der Waals surface area (Å²) < 4.78 is 31.7. The van der Waals surface area contributed by atoms with Gasteiger partial charge in [0.15, 0.2) is 4.80 Å². The zero-order valence-corrected chi connectivity index (χ0v) is 10.4. The average Bonchev–Trinajstić information content (AvgIpc) is 2.66. The van der Waals surface area contributed by atoms with Gasteiger partial charge in [0.2, 0.25) is 0 Å². The van der Waals surface area contributed by atoms with Gasteiger partial charge >= 0.3 is 0 Å². The number of fused-ring (bicyclic) bond motifs is 1. The molecule has 0 aliphatic carbocycles. The molecule has 2 N–H and O–H groups in total. The lowest BCUT2D eigenvalue weighted by atomic mass is 10.3. The van der Waals surface area contributed by atoms with E-state index in [1.54, 1.807) is 12.1 Å². The lowest BCUT2D eigenvalue weighted by molar-refractivity contribution is 0.483. The summed E-state index contributed by atoms with van der Waals surface area (Å²) in [6, 6.07) is 4.37. The smallest absolute Gasteiger partial charge is 0.294 e. The van der Waals surface area contributed by atoms with Crippen molar-refractivity contribution in [2.75, 3.05) is 6.54 Å². The van der Waals surface area contributed by atoms with Crippen LogP contribution < -0.4 is 4.80 Å². The highest BCUT2D eigenvalue weighted by Gasteiger charge is 2.10. The second kappa shape index (κ2) is 4.44. The summed E-state index contributed by atoms with van der Waals surface area (Å²) >= 11 is 1.41. The lowest BCUT2D eigenvalue weighted by Crippen LogP contribution is -1.99. The molecule has 0 aliphatic rings. The van der Waals surface area contributed by atoms with Crippen LogP contribution in [0, 0.1) is 0 Å². The molecule has 0 saturated carbocycles. The van der Waals surface area contributed by atoms with E-state index in [1.165, 1.54) is 23.5 Å². The topological polar surface area (TPSA) is 82.5 Å². The van der Waals surface area contributed by atoms with E-state index >= 15 is 0 Å². The zero-order chi connectivity index (χ0) is 12.5. The monoisotopic (exact) mass is 270 g/mol. The van der Waals surface area contributed by atoms with E-state index in [9.17, 15) is 8.42 Å². The van der Waals surface area contributed by atoms with Gasteiger partial charge < -0.3 is 4.98 Å². The SMILES string of the molecule is C=CC/N=c1\[nH]c2cc(S(=O)(=O)O)ccc2s1. The molecule has 1 aromatic heterocycles. The van der Waals surface area contributed by atoms with Crippen LogP contribution in [0.25, 0.3) is 10.2 Å². The van der Waals surface area contributed by atoms with Crippen LogP contribution in [-0.2, 0) is 10.1 Å². The Bertz CT molecular complexity index is 725. The number of nitrogens with zero attached hydrogens (tertiary/aromatic N) is 1. The molecular weight excluding hydrogens is 260 g/mol. The van der Waals surface area contributed by atoms with Crippen LogP contribution in [0.3, 0.4) is 0 Å². The third-order valence-electron chi connectivity index (χ3n) is 2.06. The second-order valence-electron chi connectivity index (χ2n) is 3.29. The van der Waals surface area contributed by atoms with Gasteiger partial charge in [0.1, 0.15) is 0 Å². The fourth-order valence-corrected chi connectivity index (χ4v) is 2.69. The third-order valence-corrected chi connectivity index (χ3v) is 3.91. The van der Waals surface area contributed by atoms with Crippen molar-refractivity contribution < 1.29 is 13.0 Å². The minimum atomic E-state index is -4.16. The van der Waals surface area contributed by atoms with Crippen LogP contribution >= 0.6 is 11.3 Å². The van der Waals surface area contributed by atoms with Crippen LogP contribution in [-0.4, -0.2) is 24.5 Å². The predicted octanol–water partition coefficient (Wildman–Crippen LogP) is 1.56. The van der Waals surface area contributed by atoms with E-state index in [4.69, 9.17) is 4.55 Å². The van der Waals surface area contributed by atoms with Gasteiger partial charge in [-0.1, -0.05) is 17.4 Å². The highest BCUT2D eigenvalue weighted by atomic mass is 32.2. The maximum atomic E-state index is 11.0. The second-order valence-corrected chi connectivity index (χ2v) is 5.75. The molecule has 5 nitrogen and oxygen atoms in total. The van der Waals surface area contributed by atoms with E-state index in [1.807, 2.05) is 0 Å². The van der Waals surface area contributed by atoms with Gasteiger partial charge in [0.25, 0.3) is 10.1 Å². The standard InChI is InChI=1S/C10H10N2O3S2/c1-2-5-11-10-12-8-6-7(17(13,14)15)3-4-9(8)16-10/h2-4,6H,1,5H2,(H,11,12)(H,13,14,15). The Morgan fingerprint density at radius 1 is 1.53 bits per heavy atom.